The number of aliphatic hydroxyl groups excluding tert-OH is 1. The number of aromatic nitrogens is 1. The third kappa shape index (κ3) is 6.62. The summed E-state index contributed by atoms with van der Waals surface area (Å²) in [6, 6.07) is 12.0. The number of ether oxygens (including phenoxy) is 6. The molecule has 2 aliphatic rings. The molecule has 3 N–H and O–H groups in total. The molecule has 3 atom stereocenters. The van der Waals surface area contributed by atoms with Crippen molar-refractivity contribution < 1.29 is 52.7 Å². The number of methoxy groups -OCH3 is 5. The molecule has 3 aromatic carbocycles. The summed E-state index contributed by atoms with van der Waals surface area (Å²) in [4.78, 5) is 59.4. The Morgan fingerprint density at radius 1 is 0.981 bits per heavy atom. The molecule has 1 aliphatic carbocycles. The fraction of sp³-hybridized carbons (Fsp3) is 0.342. The van der Waals surface area contributed by atoms with Crippen molar-refractivity contribution >= 4 is 61.7 Å². The van der Waals surface area contributed by atoms with Gasteiger partial charge in [-0.25, -0.2) is 4.98 Å². The molecule has 284 valence electrons. The van der Waals surface area contributed by atoms with Crippen LogP contribution in [0.5, 0.6) is 34.5 Å². The summed E-state index contributed by atoms with van der Waals surface area (Å²) in [5, 5.41) is 18.1. The first kappa shape index (κ1) is 38.2. The van der Waals surface area contributed by atoms with Crippen LogP contribution < -0.4 is 39.1 Å². The van der Waals surface area contributed by atoms with Crippen LogP contribution in [0.15, 0.2) is 53.8 Å². The number of nitrogens with zero attached hydrogens (tertiary/aromatic N) is 1. The summed E-state index contributed by atoms with van der Waals surface area (Å²) in [6.45, 7) is 1.56. The van der Waals surface area contributed by atoms with Crippen LogP contribution in [-0.4, -0.2) is 81.2 Å². The van der Waals surface area contributed by atoms with Crippen LogP contribution >= 0.6 is 22.9 Å². The maximum Gasteiger partial charge on any atom is 0.231 e. The lowest BCUT2D eigenvalue weighted by Gasteiger charge is -2.38. The van der Waals surface area contributed by atoms with E-state index in [0.717, 1.165) is 10.2 Å². The van der Waals surface area contributed by atoms with Crippen molar-refractivity contribution in [3.63, 3.8) is 0 Å². The minimum Gasteiger partial charge on any atom is -0.507 e. The number of para-hydroxylation sites is 1. The minimum atomic E-state index is -2.09. The first-order valence-electron chi connectivity index (χ1n) is 16.8. The van der Waals surface area contributed by atoms with Crippen LogP contribution in [-0.2, 0) is 14.4 Å². The number of anilines is 1. The predicted molar refractivity (Wildman–Crippen MR) is 200 cm³/mol. The van der Waals surface area contributed by atoms with Crippen LogP contribution in [0.2, 0.25) is 5.02 Å². The van der Waals surface area contributed by atoms with Gasteiger partial charge in [0.2, 0.25) is 28.9 Å². The monoisotopic (exact) mass is 779 g/mol. The molecule has 54 heavy (non-hydrogen) atoms. The Balaban J connectivity index is 1.35. The molecule has 1 spiro atoms. The SMILES string of the molecule is COc1cc(OC)c2c(c1Cl)O[C@]1(C2=O)C(O)=C(C(CC(=O)NCCC(=O)Nc2nc3ccccc3s2)c2cc(OC)c(OC)c(OC)c2)C(=O)C[C@H]1C. The lowest BCUT2D eigenvalue weighted by molar-refractivity contribution is -0.122. The largest absolute Gasteiger partial charge is 0.507 e. The number of ketones is 2. The van der Waals surface area contributed by atoms with Crippen molar-refractivity contribution in [2.24, 2.45) is 5.92 Å². The van der Waals surface area contributed by atoms with E-state index in [1.165, 1.54) is 53.0 Å². The van der Waals surface area contributed by atoms with E-state index in [4.69, 9.17) is 40.0 Å². The van der Waals surface area contributed by atoms with Gasteiger partial charge in [0.15, 0.2) is 33.9 Å². The molecule has 6 rings (SSSR count). The molecule has 2 heterocycles. The van der Waals surface area contributed by atoms with Gasteiger partial charge in [0.1, 0.15) is 22.1 Å². The third-order valence-electron chi connectivity index (χ3n) is 9.55. The Morgan fingerprint density at radius 2 is 1.65 bits per heavy atom. The summed E-state index contributed by atoms with van der Waals surface area (Å²) in [5.74, 6) is -3.94. The molecule has 4 aromatic rings. The highest BCUT2D eigenvalue weighted by atomic mass is 35.5. The molecule has 0 saturated heterocycles. The predicted octanol–water partition coefficient (Wildman–Crippen LogP) is 6.05. The number of fused-ring (bicyclic) bond motifs is 2. The van der Waals surface area contributed by atoms with Crippen molar-refractivity contribution in [2.75, 3.05) is 47.4 Å². The lowest BCUT2D eigenvalue weighted by atomic mass is 9.69. The highest BCUT2D eigenvalue weighted by molar-refractivity contribution is 7.22. The molecule has 1 aliphatic heterocycles. The van der Waals surface area contributed by atoms with Crippen molar-refractivity contribution in [3.05, 3.63) is 69.9 Å². The van der Waals surface area contributed by atoms with Gasteiger partial charge in [-0.05, 0) is 29.8 Å². The van der Waals surface area contributed by atoms with E-state index in [1.54, 1.807) is 19.1 Å². The van der Waals surface area contributed by atoms with Gasteiger partial charge in [-0.15, -0.1) is 0 Å². The van der Waals surface area contributed by atoms with E-state index in [2.05, 4.69) is 15.6 Å². The minimum absolute atomic E-state index is 0.0234. The first-order valence-corrected chi connectivity index (χ1v) is 18.0. The number of hydrogen-bond acceptors (Lipinski definition) is 13. The number of carbonyl (C=O) groups excluding carboxylic acids is 4. The number of rotatable bonds is 13. The van der Waals surface area contributed by atoms with Crippen molar-refractivity contribution in [3.8, 4) is 34.5 Å². The normalized spacial score (nSPS) is 18.2. The Morgan fingerprint density at radius 3 is 2.28 bits per heavy atom. The second-order valence-corrected chi connectivity index (χ2v) is 14.0. The standard InChI is InChI=1S/C38H38ClN3O11S/c1-18-13-22(43)30(35(46)38(18)36(47)31-23(48-2)17-24(49-3)32(39)34(31)53-38)20(19-14-25(50-4)33(52-6)26(15-19)51-5)16-29(45)40-12-11-28(44)42-37-41-21-9-7-8-10-27(21)54-37/h7-10,14-15,17-18,20,46H,11-13,16H2,1-6H3,(H,40,45)(H,41,42,44)/t18-,20?,38+/m1/s1. The van der Waals surface area contributed by atoms with Crippen LogP contribution in [0.25, 0.3) is 10.2 Å². The summed E-state index contributed by atoms with van der Waals surface area (Å²) in [7, 11) is 7.00. The second-order valence-electron chi connectivity index (χ2n) is 12.6. The molecular formula is C38H38ClN3O11S. The Kier molecular flexibility index (Phi) is 10.9. The first-order chi connectivity index (χ1) is 25.9. The highest BCUT2D eigenvalue weighted by Gasteiger charge is 2.61. The van der Waals surface area contributed by atoms with Gasteiger partial charge in [-0.1, -0.05) is 42.0 Å². The number of nitrogens with one attached hydrogen (secondary N) is 2. The molecular weight excluding hydrogens is 742 g/mol. The summed E-state index contributed by atoms with van der Waals surface area (Å²) >= 11 is 7.95. The Bertz CT molecular complexity index is 2140. The maximum absolute atomic E-state index is 14.4. The molecule has 1 aromatic heterocycles. The number of Topliss-reactive ketones (excluding diaryl/α,β-unsaturated/α-hetero) is 2. The average Bonchev–Trinajstić information content (AvgIpc) is 3.72. The van der Waals surface area contributed by atoms with Gasteiger partial charge in [-0.3, -0.25) is 19.2 Å². The molecule has 0 radical (unpaired) electrons. The number of thiazole rings is 1. The molecule has 0 saturated carbocycles. The van der Waals surface area contributed by atoms with Crippen LogP contribution in [0.3, 0.4) is 0 Å². The third-order valence-corrected chi connectivity index (χ3v) is 10.9. The molecule has 0 bridgehead atoms. The molecule has 16 heteroatoms. The van der Waals surface area contributed by atoms with Crippen LogP contribution in [0.4, 0.5) is 5.13 Å². The van der Waals surface area contributed by atoms with Gasteiger partial charge in [0, 0.05) is 49.3 Å². The van der Waals surface area contributed by atoms with Gasteiger partial charge in [0.25, 0.3) is 0 Å². The average molecular weight is 780 g/mol. The molecule has 2 amide bonds. The summed E-state index contributed by atoms with van der Waals surface area (Å²) in [6.07, 6.45) is -0.700. The van der Waals surface area contributed by atoms with E-state index < -0.39 is 47.1 Å². The van der Waals surface area contributed by atoms with Gasteiger partial charge < -0.3 is 44.2 Å². The van der Waals surface area contributed by atoms with Crippen LogP contribution in [0, 0.1) is 5.92 Å². The zero-order chi connectivity index (χ0) is 38.9. The fourth-order valence-electron chi connectivity index (χ4n) is 6.91. The van der Waals surface area contributed by atoms with Gasteiger partial charge >= 0.3 is 0 Å². The maximum atomic E-state index is 14.4. The van der Waals surface area contributed by atoms with E-state index in [9.17, 15) is 24.3 Å². The van der Waals surface area contributed by atoms with Crippen molar-refractivity contribution in [1.29, 1.82) is 0 Å². The highest BCUT2D eigenvalue weighted by Crippen LogP contribution is 2.56. The number of aliphatic hydroxyl groups is 1. The summed E-state index contributed by atoms with van der Waals surface area (Å²) in [5.41, 5.74) is -1.27. The smallest absolute Gasteiger partial charge is 0.231 e. The number of halogens is 1. The van der Waals surface area contributed by atoms with E-state index in [-0.39, 0.29) is 75.9 Å². The van der Waals surface area contributed by atoms with Crippen molar-refractivity contribution in [1.82, 2.24) is 10.3 Å². The van der Waals surface area contributed by atoms with Gasteiger partial charge in [-0.2, -0.15) is 0 Å². The number of benzene rings is 3. The van der Waals surface area contributed by atoms with Gasteiger partial charge in [0.05, 0.1) is 45.8 Å². The number of hydrogen-bond donors (Lipinski definition) is 3. The van der Waals surface area contributed by atoms with E-state index in [0.29, 0.717) is 10.7 Å². The zero-order valence-electron chi connectivity index (χ0n) is 30.3. The lowest BCUT2D eigenvalue weighted by Crippen LogP contribution is -2.53. The molecule has 1 unspecified atom stereocenters. The Hall–Kier alpha value is -5.54. The zero-order valence-corrected chi connectivity index (χ0v) is 31.9. The topological polar surface area (TPSA) is 181 Å². The van der Waals surface area contributed by atoms with Crippen molar-refractivity contribution in [2.45, 2.75) is 37.7 Å². The second kappa shape index (κ2) is 15.4. The molecule has 0 fully saturated rings. The molecule has 14 nitrogen and oxygen atoms in total. The number of amides is 2. The Labute approximate surface area is 319 Å². The number of carbonyl (C=O) groups is 4. The van der Waals surface area contributed by atoms with E-state index in [1.807, 2.05) is 24.3 Å². The van der Waals surface area contributed by atoms with Crippen LogP contribution in [0.1, 0.15) is 48.0 Å². The quantitative estimate of drug-likeness (QED) is 0.143. The summed E-state index contributed by atoms with van der Waals surface area (Å²) < 4.78 is 34.7. The number of allylic oxidation sites excluding steroid dienone is 1. The fourth-order valence-corrected chi connectivity index (χ4v) is 8.05. The van der Waals surface area contributed by atoms with E-state index >= 15 is 0 Å².